The fraction of sp³-hybridized carbons (Fsp3) is 0.303. The van der Waals surface area contributed by atoms with Gasteiger partial charge in [0.25, 0.3) is 0 Å². The number of anilines is 2. The molecule has 1 fully saturated rings. The fourth-order valence-corrected chi connectivity index (χ4v) is 6.43. The maximum absolute atomic E-state index is 12.1. The summed E-state index contributed by atoms with van der Waals surface area (Å²) in [5.74, 6) is -0.00330. The van der Waals surface area contributed by atoms with E-state index < -0.39 is 0 Å². The molecule has 1 aliphatic heterocycles. The van der Waals surface area contributed by atoms with Gasteiger partial charge in [-0.3, -0.25) is 9.78 Å². The smallest absolute Gasteiger partial charge is 0.224 e. The van der Waals surface area contributed by atoms with Crippen molar-refractivity contribution in [3.8, 4) is 5.69 Å². The van der Waals surface area contributed by atoms with E-state index in [-0.39, 0.29) is 18.0 Å². The summed E-state index contributed by atoms with van der Waals surface area (Å²) < 4.78 is 2.38. The van der Waals surface area contributed by atoms with Gasteiger partial charge in [0.2, 0.25) is 5.91 Å². The van der Waals surface area contributed by atoms with Crippen molar-refractivity contribution in [1.29, 1.82) is 0 Å². The lowest BCUT2D eigenvalue weighted by atomic mass is 9.96. The van der Waals surface area contributed by atoms with Crippen LogP contribution in [-0.4, -0.2) is 20.6 Å². The van der Waals surface area contributed by atoms with E-state index >= 15 is 0 Å². The van der Waals surface area contributed by atoms with Gasteiger partial charge in [0.05, 0.1) is 23.5 Å². The van der Waals surface area contributed by atoms with Crippen LogP contribution in [0.25, 0.3) is 5.69 Å². The van der Waals surface area contributed by atoms with Crippen molar-refractivity contribution in [2.45, 2.75) is 67.0 Å². The lowest BCUT2D eigenvalue weighted by Crippen LogP contribution is -2.29. The summed E-state index contributed by atoms with van der Waals surface area (Å²) in [6.07, 6.45) is 2.27. The topological polar surface area (TPSA) is 62.2 Å². The van der Waals surface area contributed by atoms with E-state index in [4.69, 9.17) is 17.2 Å². The third kappa shape index (κ3) is 4.90. The van der Waals surface area contributed by atoms with E-state index in [2.05, 4.69) is 85.1 Å². The van der Waals surface area contributed by atoms with E-state index in [0.717, 1.165) is 22.6 Å². The molecule has 2 N–H and O–H groups in total. The number of aromatic nitrogens is 2. The molecule has 5 rings (SSSR count). The average Bonchev–Trinajstić information content (AvgIpc) is 3.40. The zero-order valence-corrected chi connectivity index (χ0v) is 25.1. The minimum absolute atomic E-state index is 0.00330. The number of rotatable bonds is 6. The molecule has 6 nitrogen and oxygen atoms in total. The van der Waals surface area contributed by atoms with Gasteiger partial charge in [-0.1, -0.05) is 30.7 Å². The number of amides is 1. The van der Waals surface area contributed by atoms with Crippen molar-refractivity contribution >= 4 is 34.6 Å². The molecule has 1 saturated heterocycles. The summed E-state index contributed by atoms with van der Waals surface area (Å²) >= 11 is 5.98. The highest BCUT2D eigenvalue weighted by Gasteiger charge is 2.42. The third-order valence-electron chi connectivity index (χ3n) is 7.83. The molecule has 0 spiro atoms. The SMILES string of the molecule is CCC(=O)Nc1ccc(N2C(=S)N[C@H](c3ccccn3)[C@@H]2c2cc(C)n(-c3c(C)cc(C)cc3C)c2C)cc1C. The Labute approximate surface area is 242 Å². The number of nitrogens with zero attached hydrogens (tertiary/aromatic N) is 3. The third-order valence-corrected chi connectivity index (χ3v) is 8.14. The van der Waals surface area contributed by atoms with Crippen molar-refractivity contribution < 1.29 is 4.79 Å². The van der Waals surface area contributed by atoms with Gasteiger partial charge >= 0.3 is 0 Å². The Morgan fingerprint density at radius 2 is 1.70 bits per heavy atom. The van der Waals surface area contributed by atoms with Crippen LogP contribution in [0.5, 0.6) is 0 Å². The Balaban J connectivity index is 1.66. The Kier molecular flexibility index (Phi) is 7.51. The van der Waals surface area contributed by atoms with Crippen molar-refractivity contribution in [3.63, 3.8) is 0 Å². The summed E-state index contributed by atoms with van der Waals surface area (Å²) in [4.78, 5) is 19.0. The molecule has 3 heterocycles. The van der Waals surface area contributed by atoms with Crippen LogP contribution in [0.1, 0.15) is 70.3 Å². The summed E-state index contributed by atoms with van der Waals surface area (Å²) in [6, 6.07) is 18.6. The predicted molar refractivity (Wildman–Crippen MR) is 167 cm³/mol. The van der Waals surface area contributed by atoms with Gasteiger partial charge in [0.1, 0.15) is 0 Å². The van der Waals surface area contributed by atoms with E-state index in [1.165, 1.54) is 39.3 Å². The van der Waals surface area contributed by atoms with Crippen LogP contribution in [0.4, 0.5) is 11.4 Å². The Bertz CT molecular complexity index is 1580. The summed E-state index contributed by atoms with van der Waals surface area (Å²) in [7, 11) is 0. The molecule has 2 aromatic carbocycles. The first-order valence-corrected chi connectivity index (χ1v) is 14.2. The lowest BCUT2D eigenvalue weighted by Gasteiger charge is -2.29. The monoisotopic (exact) mass is 551 g/mol. The van der Waals surface area contributed by atoms with E-state index in [9.17, 15) is 4.79 Å². The molecule has 0 bridgehead atoms. The quantitative estimate of drug-likeness (QED) is 0.247. The standard InChI is InChI=1S/C33H37N5OS/c1-8-29(39)35-27-13-12-25(17-20(27)3)38-32(30(36-33(38)40)28-11-9-10-14-34-28)26-18-23(6)37(24(26)7)31-21(4)15-19(2)16-22(31)5/h9-18,30,32H,8H2,1-7H3,(H,35,39)(H,36,40)/t30-,32+/m1/s1. The van der Waals surface area contributed by atoms with Gasteiger partial charge in [-0.2, -0.15) is 0 Å². The largest absolute Gasteiger partial charge is 0.351 e. The Hall–Kier alpha value is -3.97. The summed E-state index contributed by atoms with van der Waals surface area (Å²) in [5.41, 5.74) is 12.3. The molecule has 0 aliphatic carbocycles. The maximum Gasteiger partial charge on any atom is 0.224 e. The van der Waals surface area contributed by atoms with Gasteiger partial charge in [-0.05, 0) is 112 Å². The van der Waals surface area contributed by atoms with Crippen LogP contribution < -0.4 is 15.5 Å². The van der Waals surface area contributed by atoms with Crippen molar-refractivity contribution in [3.05, 3.63) is 106 Å². The fourth-order valence-electron chi connectivity index (χ4n) is 6.08. The molecule has 2 atom stereocenters. The van der Waals surface area contributed by atoms with Crippen LogP contribution in [0.15, 0.2) is 60.8 Å². The minimum Gasteiger partial charge on any atom is -0.351 e. The van der Waals surface area contributed by atoms with E-state index in [0.29, 0.717) is 11.5 Å². The van der Waals surface area contributed by atoms with E-state index in [1.807, 2.05) is 44.3 Å². The summed E-state index contributed by atoms with van der Waals surface area (Å²) in [6.45, 7) is 14.8. The number of carbonyl (C=O) groups excluding carboxylic acids is 1. The zero-order chi connectivity index (χ0) is 28.7. The summed E-state index contributed by atoms with van der Waals surface area (Å²) in [5, 5.41) is 7.24. The van der Waals surface area contributed by atoms with Crippen LogP contribution in [0.2, 0.25) is 0 Å². The number of nitrogens with one attached hydrogen (secondary N) is 2. The first-order chi connectivity index (χ1) is 19.1. The number of aryl methyl sites for hydroxylation is 5. The molecule has 1 aliphatic rings. The highest BCUT2D eigenvalue weighted by Crippen LogP contribution is 2.44. The van der Waals surface area contributed by atoms with Crippen molar-refractivity contribution in [2.75, 3.05) is 10.2 Å². The molecule has 1 amide bonds. The molecular formula is C33H37N5OS. The maximum atomic E-state index is 12.1. The minimum atomic E-state index is -0.136. The van der Waals surface area contributed by atoms with Crippen LogP contribution in [-0.2, 0) is 4.79 Å². The molecule has 0 saturated carbocycles. The molecule has 206 valence electrons. The molecule has 2 aromatic heterocycles. The van der Waals surface area contributed by atoms with Crippen LogP contribution >= 0.6 is 12.2 Å². The van der Waals surface area contributed by atoms with Crippen molar-refractivity contribution in [2.24, 2.45) is 0 Å². The average molecular weight is 552 g/mol. The van der Waals surface area contributed by atoms with Gasteiger partial charge in [-0.15, -0.1) is 0 Å². The molecular weight excluding hydrogens is 514 g/mol. The second kappa shape index (κ2) is 10.9. The first kappa shape index (κ1) is 27.6. The number of carbonyl (C=O) groups is 1. The lowest BCUT2D eigenvalue weighted by molar-refractivity contribution is -0.115. The normalized spacial score (nSPS) is 16.8. The first-order valence-electron chi connectivity index (χ1n) is 13.8. The number of thiocarbonyl (C=S) groups is 1. The zero-order valence-electron chi connectivity index (χ0n) is 24.3. The predicted octanol–water partition coefficient (Wildman–Crippen LogP) is 7.25. The number of pyridine rings is 1. The molecule has 7 heteroatoms. The second-order valence-electron chi connectivity index (χ2n) is 10.8. The highest BCUT2D eigenvalue weighted by atomic mass is 32.1. The van der Waals surface area contributed by atoms with Gasteiger partial charge in [-0.25, -0.2) is 0 Å². The highest BCUT2D eigenvalue weighted by molar-refractivity contribution is 7.80. The second-order valence-corrected chi connectivity index (χ2v) is 11.2. The Morgan fingerprint density at radius 3 is 2.33 bits per heavy atom. The molecule has 0 unspecified atom stereocenters. The Morgan fingerprint density at radius 1 is 0.975 bits per heavy atom. The number of benzene rings is 2. The molecule has 40 heavy (non-hydrogen) atoms. The van der Waals surface area contributed by atoms with Crippen LogP contribution in [0, 0.1) is 41.5 Å². The van der Waals surface area contributed by atoms with Gasteiger partial charge in [0.15, 0.2) is 5.11 Å². The van der Waals surface area contributed by atoms with Crippen molar-refractivity contribution in [1.82, 2.24) is 14.9 Å². The van der Waals surface area contributed by atoms with E-state index in [1.54, 1.807) is 0 Å². The van der Waals surface area contributed by atoms with Gasteiger partial charge < -0.3 is 20.1 Å². The van der Waals surface area contributed by atoms with Crippen LogP contribution in [0.3, 0.4) is 0 Å². The molecule has 0 radical (unpaired) electrons. The number of hydrogen-bond donors (Lipinski definition) is 2. The molecule has 4 aromatic rings. The number of hydrogen-bond acceptors (Lipinski definition) is 3. The van der Waals surface area contributed by atoms with Gasteiger partial charge in [0, 0.05) is 35.4 Å².